The summed E-state index contributed by atoms with van der Waals surface area (Å²) in [5.41, 5.74) is 1.23. The second kappa shape index (κ2) is 10.0. The number of ether oxygens (including phenoxy) is 1. The molecule has 7 nitrogen and oxygen atoms in total. The average Bonchev–Trinajstić information content (AvgIpc) is 2.96. The van der Waals surface area contributed by atoms with Gasteiger partial charge in [0.2, 0.25) is 5.89 Å². The molecule has 0 saturated heterocycles. The second-order valence-electron chi connectivity index (χ2n) is 4.69. The molecule has 0 radical (unpaired) electrons. The minimum atomic E-state index is 0. The zero-order valence-corrected chi connectivity index (χ0v) is 15.8. The normalized spacial score (nSPS) is 10.8. The first kappa shape index (κ1) is 19.2. The van der Waals surface area contributed by atoms with E-state index in [0.717, 1.165) is 18.7 Å². The van der Waals surface area contributed by atoms with Gasteiger partial charge in [-0.2, -0.15) is 4.98 Å². The van der Waals surface area contributed by atoms with Crippen molar-refractivity contribution in [3.63, 3.8) is 0 Å². The Morgan fingerprint density at radius 1 is 1.26 bits per heavy atom. The average molecular weight is 431 g/mol. The topological polar surface area (TPSA) is 84.6 Å². The van der Waals surface area contributed by atoms with E-state index >= 15 is 0 Å². The first-order valence-corrected chi connectivity index (χ1v) is 7.08. The lowest BCUT2D eigenvalue weighted by atomic mass is 10.1. The molecule has 2 N–H and O–H groups in total. The molecular formula is C15H22IN5O2. The molecule has 0 amide bonds. The van der Waals surface area contributed by atoms with Crippen LogP contribution in [0.15, 0.2) is 33.8 Å². The van der Waals surface area contributed by atoms with Gasteiger partial charge in [-0.3, -0.25) is 4.99 Å². The molecule has 1 heterocycles. The molecule has 0 atom stereocenters. The van der Waals surface area contributed by atoms with E-state index in [1.807, 2.05) is 12.1 Å². The molecule has 2 rings (SSSR count). The van der Waals surface area contributed by atoms with Gasteiger partial charge in [0.15, 0.2) is 11.8 Å². The molecule has 0 bridgehead atoms. The number of benzene rings is 1. The fraction of sp³-hybridized carbons (Fsp3) is 0.400. The molecular weight excluding hydrogens is 409 g/mol. The van der Waals surface area contributed by atoms with Gasteiger partial charge >= 0.3 is 0 Å². The molecule has 8 heteroatoms. The van der Waals surface area contributed by atoms with Crippen molar-refractivity contribution in [2.75, 3.05) is 20.7 Å². The van der Waals surface area contributed by atoms with Gasteiger partial charge in [-0.25, -0.2) is 0 Å². The van der Waals surface area contributed by atoms with Crippen molar-refractivity contribution in [3.8, 4) is 5.75 Å². The van der Waals surface area contributed by atoms with Gasteiger partial charge in [0.05, 0.1) is 13.7 Å². The Kier molecular flexibility index (Phi) is 8.38. The minimum Gasteiger partial charge on any atom is -0.497 e. The van der Waals surface area contributed by atoms with Crippen LogP contribution in [0.3, 0.4) is 0 Å². The Balaban J connectivity index is 0.00000264. The molecule has 0 saturated carbocycles. The summed E-state index contributed by atoms with van der Waals surface area (Å²) in [5.74, 6) is 2.73. The van der Waals surface area contributed by atoms with Crippen LogP contribution in [0.4, 0.5) is 0 Å². The summed E-state index contributed by atoms with van der Waals surface area (Å²) in [5, 5.41) is 10.1. The van der Waals surface area contributed by atoms with E-state index in [1.165, 1.54) is 5.56 Å². The summed E-state index contributed by atoms with van der Waals surface area (Å²) in [7, 11) is 3.39. The summed E-state index contributed by atoms with van der Waals surface area (Å²) in [6, 6.07) is 8.02. The largest absolute Gasteiger partial charge is 0.497 e. The Hall–Kier alpha value is -1.84. The fourth-order valence-electron chi connectivity index (χ4n) is 1.91. The maximum atomic E-state index is 5.14. The van der Waals surface area contributed by atoms with Crippen LogP contribution < -0.4 is 15.4 Å². The third-order valence-electron chi connectivity index (χ3n) is 3.07. The van der Waals surface area contributed by atoms with Crippen molar-refractivity contribution in [2.24, 2.45) is 4.99 Å². The third-order valence-corrected chi connectivity index (χ3v) is 3.07. The molecule has 23 heavy (non-hydrogen) atoms. The Bertz CT molecular complexity index is 613. The number of hydrogen-bond acceptors (Lipinski definition) is 5. The van der Waals surface area contributed by atoms with Crippen LogP contribution in [-0.4, -0.2) is 36.8 Å². The Morgan fingerprint density at radius 3 is 2.57 bits per heavy atom. The van der Waals surface area contributed by atoms with Crippen molar-refractivity contribution in [3.05, 3.63) is 41.5 Å². The monoisotopic (exact) mass is 431 g/mol. The van der Waals surface area contributed by atoms with Gasteiger partial charge in [0, 0.05) is 13.6 Å². The van der Waals surface area contributed by atoms with Gasteiger partial charge in [0.1, 0.15) is 5.75 Å². The number of guanidine groups is 1. The van der Waals surface area contributed by atoms with Crippen LogP contribution >= 0.6 is 24.0 Å². The lowest BCUT2D eigenvalue weighted by Gasteiger charge is -2.10. The van der Waals surface area contributed by atoms with E-state index in [9.17, 15) is 0 Å². The predicted octanol–water partition coefficient (Wildman–Crippen LogP) is 1.91. The summed E-state index contributed by atoms with van der Waals surface area (Å²) in [4.78, 5) is 8.28. The number of hydrogen-bond donors (Lipinski definition) is 2. The van der Waals surface area contributed by atoms with Crippen molar-refractivity contribution < 1.29 is 9.26 Å². The molecule has 1 aromatic carbocycles. The van der Waals surface area contributed by atoms with Gasteiger partial charge in [-0.05, 0) is 31.0 Å². The first-order valence-electron chi connectivity index (χ1n) is 7.08. The quantitative estimate of drug-likeness (QED) is 0.413. The van der Waals surface area contributed by atoms with E-state index in [1.54, 1.807) is 21.1 Å². The molecule has 126 valence electrons. The molecule has 0 aliphatic rings. The van der Waals surface area contributed by atoms with Crippen LogP contribution in [0.5, 0.6) is 5.75 Å². The molecule has 2 aromatic rings. The summed E-state index contributed by atoms with van der Waals surface area (Å²) < 4.78 is 10.2. The molecule has 0 aliphatic carbocycles. The lowest BCUT2D eigenvalue weighted by Crippen LogP contribution is -2.37. The summed E-state index contributed by atoms with van der Waals surface area (Å²) in [6.45, 7) is 3.01. The molecule has 0 fully saturated rings. The van der Waals surface area contributed by atoms with Gasteiger partial charge in [-0.1, -0.05) is 17.3 Å². The minimum absolute atomic E-state index is 0. The van der Waals surface area contributed by atoms with Gasteiger partial charge in [0.25, 0.3) is 0 Å². The molecule has 0 aliphatic heterocycles. The SMILES string of the molecule is CN=C(NCCc1ccc(OC)cc1)NCc1nc(C)no1.I. The number of aliphatic imine (C=N–C) groups is 1. The van der Waals surface area contributed by atoms with Crippen molar-refractivity contribution in [1.82, 2.24) is 20.8 Å². The molecule has 0 unspecified atom stereocenters. The van der Waals surface area contributed by atoms with Crippen LogP contribution in [0.2, 0.25) is 0 Å². The number of halogens is 1. The summed E-state index contributed by atoms with van der Waals surface area (Å²) in [6.07, 6.45) is 0.893. The Morgan fingerprint density at radius 2 is 2.00 bits per heavy atom. The highest BCUT2D eigenvalue weighted by Gasteiger charge is 2.04. The maximum Gasteiger partial charge on any atom is 0.246 e. The molecule has 0 spiro atoms. The fourth-order valence-corrected chi connectivity index (χ4v) is 1.91. The van der Waals surface area contributed by atoms with E-state index in [-0.39, 0.29) is 24.0 Å². The van der Waals surface area contributed by atoms with Crippen molar-refractivity contribution >= 4 is 29.9 Å². The number of nitrogens with zero attached hydrogens (tertiary/aromatic N) is 3. The van der Waals surface area contributed by atoms with E-state index < -0.39 is 0 Å². The zero-order valence-electron chi connectivity index (χ0n) is 13.5. The second-order valence-corrected chi connectivity index (χ2v) is 4.69. The number of nitrogens with one attached hydrogen (secondary N) is 2. The standard InChI is InChI=1S/C15H21N5O2.HI/c1-11-19-14(22-20-11)10-18-15(16-2)17-9-8-12-4-6-13(21-3)7-5-12;/h4-7H,8-10H2,1-3H3,(H2,16,17,18);1H. The van der Waals surface area contributed by atoms with E-state index in [2.05, 4.69) is 37.9 Å². The van der Waals surface area contributed by atoms with Gasteiger partial charge in [-0.15, -0.1) is 24.0 Å². The van der Waals surface area contributed by atoms with E-state index in [0.29, 0.717) is 24.2 Å². The van der Waals surface area contributed by atoms with Crippen LogP contribution in [0, 0.1) is 6.92 Å². The number of methoxy groups -OCH3 is 1. The smallest absolute Gasteiger partial charge is 0.246 e. The highest BCUT2D eigenvalue weighted by atomic mass is 127. The third kappa shape index (κ3) is 6.43. The summed E-state index contributed by atoms with van der Waals surface area (Å²) >= 11 is 0. The lowest BCUT2D eigenvalue weighted by molar-refractivity contribution is 0.371. The molecule has 1 aromatic heterocycles. The maximum absolute atomic E-state index is 5.14. The van der Waals surface area contributed by atoms with Crippen molar-refractivity contribution in [2.45, 2.75) is 19.9 Å². The first-order chi connectivity index (χ1) is 10.7. The van der Waals surface area contributed by atoms with E-state index in [4.69, 9.17) is 9.26 Å². The highest BCUT2D eigenvalue weighted by molar-refractivity contribution is 14.0. The van der Waals surface area contributed by atoms with Crippen LogP contribution in [-0.2, 0) is 13.0 Å². The number of aryl methyl sites for hydroxylation is 1. The highest BCUT2D eigenvalue weighted by Crippen LogP contribution is 2.11. The predicted molar refractivity (Wildman–Crippen MR) is 99.3 cm³/mol. The van der Waals surface area contributed by atoms with Crippen LogP contribution in [0.25, 0.3) is 0 Å². The zero-order chi connectivity index (χ0) is 15.8. The number of aromatic nitrogens is 2. The van der Waals surface area contributed by atoms with Gasteiger partial charge < -0.3 is 19.9 Å². The number of rotatable bonds is 6. The van der Waals surface area contributed by atoms with Crippen molar-refractivity contribution in [1.29, 1.82) is 0 Å². The van der Waals surface area contributed by atoms with Crippen LogP contribution in [0.1, 0.15) is 17.3 Å². The Labute approximate surface area is 152 Å².